The molecule has 0 saturated heterocycles. The number of hydrogen-bond donors (Lipinski definition) is 1. The maximum atomic E-state index is 12.5. The molecule has 0 aromatic rings. The molecule has 0 aliphatic heterocycles. The van der Waals surface area contributed by atoms with Gasteiger partial charge in [0.2, 0.25) is 5.91 Å². The van der Waals surface area contributed by atoms with Crippen LogP contribution in [0.15, 0.2) is 12.2 Å². The van der Waals surface area contributed by atoms with Gasteiger partial charge >= 0.3 is 5.97 Å². The summed E-state index contributed by atoms with van der Waals surface area (Å²) in [6.07, 6.45) is 6.31. The zero-order valence-electron chi connectivity index (χ0n) is 12.7. The van der Waals surface area contributed by atoms with Crippen molar-refractivity contribution in [3.05, 3.63) is 12.2 Å². The highest BCUT2D eigenvalue weighted by atomic mass is 16.5. The Morgan fingerprint density at radius 3 is 2.45 bits per heavy atom. The van der Waals surface area contributed by atoms with Gasteiger partial charge in [-0.3, -0.25) is 9.59 Å². The van der Waals surface area contributed by atoms with E-state index in [0.717, 1.165) is 12.8 Å². The molecule has 0 spiro atoms. The number of ether oxygens (including phenoxy) is 1. The Morgan fingerprint density at radius 1 is 1.35 bits per heavy atom. The zero-order chi connectivity index (χ0) is 15.1. The number of hydrogen-bond acceptors (Lipinski definition) is 4. The van der Waals surface area contributed by atoms with Crippen molar-refractivity contribution in [3.8, 4) is 0 Å². The van der Waals surface area contributed by atoms with Crippen LogP contribution in [0.3, 0.4) is 0 Å². The summed E-state index contributed by atoms with van der Waals surface area (Å²) in [5, 5.41) is 0. The van der Waals surface area contributed by atoms with Gasteiger partial charge in [-0.25, -0.2) is 0 Å². The summed E-state index contributed by atoms with van der Waals surface area (Å²) in [6.45, 7) is 4.81. The van der Waals surface area contributed by atoms with E-state index in [-0.39, 0.29) is 30.4 Å². The Kier molecular flexibility index (Phi) is 6.71. The molecule has 2 unspecified atom stereocenters. The first kappa shape index (κ1) is 16.7. The first-order chi connectivity index (χ1) is 9.51. The van der Waals surface area contributed by atoms with Gasteiger partial charge in [0.25, 0.3) is 0 Å². The van der Waals surface area contributed by atoms with Crippen LogP contribution in [0.2, 0.25) is 0 Å². The summed E-state index contributed by atoms with van der Waals surface area (Å²) in [7, 11) is 1.34. The molecule has 2 N–H and O–H groups in total. The summed E-state index contributed by atoms with van der Waals surface area (Å²) < 4.78 is 4.69. The molecule has 1 amide bonds. The molecule has 0 fully saturated rings. The lowest BCUT2D eigenvalue weighted by molar-refractivity contribution is -0.148. The number of amides is 1. The quantitative estimate of drug-likeness (QED) is 0.565. The van der Waals surface area contributed by atoms with Crippen LogP contribution in [0.5, 0.6) is 0 Å². The average Bonchev–Trinajstić information content (AvgIpc) is 2.88. The van der Waals surface area contributed by atoms with Crippen LogP contribution < -0.4 is 5.73 Å². The minimum atomic E-state index is -0.379. The topological polar surface area (TPSA) is 72.6 Å². The monoisotopic (exact) mass is 282 g/mol. The third-order valence-corrected chi connectivity index (χ3v) is 3.93. The lowest BCUT2D eigenvalue weighted by Crippen LogP contribution is -2.42. The minimum Gasteiger partial charge on any atom is -0.468 e. The smallest absolute Gasteiger partial charge is 0.325 e. The highest BCUT2D eigenvalue weighted by Crippen LogP contribution is 2.20. The second-order valence-electron chi connectivity index (χ2n) is 5.37. The van der Waals surface area contributed by atoms with Gasteiger partial charge in [0.15, 0.2) is 0 Å². The molecule has 0 aromatic heterocycles. The van der Waals surface area contributed by atoms with Gasteiger partial charge in [-0.05, 0) is 12.3 Å². The van der Waals surface area contributed by atoms with Gasteiger partial charge in [0, 0.05) is 12.6 Å². The number of nitrogens with zero attached hydrogens (tertiary/aromatic N) is 1. The fourth-order valence-corrected chi connectivity index (χ4v) is 2.46. The largest absolute Gasteiger partial charge is 0.468 e. The van der Waals surface area contributed by atoms with Crippen LogP contribution in [0.4, 0.5) is 0 Å². The number of methoxy groups -OCH3 is 1. The summed E-state index contributed by atoms with van der Waals surface area (Å²) >= 11 is 0. The molecule has 0 saturated carbocycles. The van der Waals surface area contributed by atoms with E-state index in [9.17, 15) is 9.59 Å². The third-order valence-electron chi connectivity index (χ3n) is 3.93. The van der Waals surface area contributed by atoms with Crippen LogP contribution in [-0.2, 0) is 14.3 Å². The SMILES string of the molecule is CCC(CC)CN(CC(=O)OC)C(=O)C1C=CC(N)C1. The van der Waals surface area contributed by atoms with Crippen molar-refractivity contribution < 1.29 is 14.3 Å². The van der Waals surface area contributed by atoms with Crippen LogP contribution in [-0.4, -0.2) is 43.0 Å². The van der Waals surface area contributed by atoms with E-state index in [1.807, 2.05) is 12.2 Å². The standard InChI is InChI=1S/C15H26N2O3/c1-4-11(5-2)9-17(10-14(18)20-3)15(19)12-6-7-13(16)8-12/h6-7,11-13H,4-5,8-10,16H2,1-3H3. The highest BCUT2D eigenvalue weighted by molar-refractivity contribution is 5.85. The lowest BCUT2D eigenvalue weighted by atomic mass is 10.0. The molecular weight excluding hydrogens is 256 g/mol. The Hall–Kier alpha value is -1.36. The van der Waals surface area contributed by atoms with Gasteiger partial charge in [-0.2, -0.15) is 0 Å². The Bertz CT molecular complexity index is 364. The molecule has 20 heavy (non-hydrogen) atoms. The lowest BCUT2D eigenvalue weighted by Gasteiger charge is -2.27. The molecule has 5 heteroatoms. The molecule has 2 atom stereocenters. The summed E-state index contributed by atoms with van der Waals surface area (Å²) in [6, 6.07) is -0.0583. The number of carbonyl (C=O) groups excluding carboxylic acids is 2. The number of esters is 1. The average molecular weight is 282 g/mol. The van der Waals surface area contributed by atoms with Gasteiger partial charge in [0.05, 0.1) is 13.0 Å². The summed E-state index contributed by atoms with van der Waals surface area (Å²) in [5.74, 6) is -0.200. The van der Waals surface area contributed by atoms with Gasteiger partial charge in [0.1, 0.15) is 6.54 Å². The van der Waals surface area contributed by atoms with Crippen molar-refractivity contribution in [2.45, 2.75) is 39.2 Å². The Labute approximate surface area is 121 Å². The van der Waals surface area contributed by atoms with Crippen molar-refractivity contribution in [2.24, 2.45) is 17.6 Å². The molecule has 0 bridgehead atoms. The molecule has 0 aromatic carbocycles. The number of carbonyl (C=O) groups is 2. The van der Waals surface area contributed by atoms with Crippen molar-refractivity contribution in [1.82, 2.24) is 4.90 Å². The molecule has 1 rings (SSSR count). The normalized spacial score (nSPS) is 21.2. The van der Waals surface area contributed by atoms with Gasteiger partial charge < -0.3 is 15.4 Å². The van der Waals surface area contributed by atoms with E-state index < -0.39 is 0 Å². The zero-order valence-corrected chi connectivity index (χ0v) is 12.7. The van der Waals surface area contributed by atoms with Gasteiger partial charge in [-0.15, -0.1) is 0 Å². The predicted molar refractivity (Wildman–Crippen MR) is 77.9 cm³/mol. The van der Waals surface area contributed by atoms with E-state index in [2.05, 4.69) is 18.6 Å². The Morgan fingerprint density at radius 2 is 2.00 bits per heavy atom. The van der Waals surface area contributed by atoms with Crippen molar-refractivity contribution in [1.29, 1.82) is 0 Å². The molecule has 0 heterocycles. The second kappa shape index (κ2) is 8.04. The van der Waals surface area contributed by atoms with Crippen molar-refractivity contribution >= 4 is 11.9 Å². The molecule has 1 aliphatic rings. The van der Waals surface area contributed by atoms with Gasteiger partial charge in [-0.1, -0.05) is 38.8 Å². The van der Waals surface area contributed by atoms with E-state index >= 15 is 0 Å². The van der Waals surface area contributed by atoms with Crippen LogP contribution in [0.1, 0.15) is 33.1 Å². The van der Waals surface area contributed by atoms with E-state index in [1.54, 1.807) is 4.90 Å². The maximum absolute atomic E-state index is 12.5. The minimum absolute atomic E-state index is 0.0193. The molecule has 1 aliphatic carbocycles. The molecular formula is C15H26N2O3. The number of rotatable bonds is 7. The fraction of sp³-hybridized carbons (Fsp3) is 0.733. The van der Waals surface area contributed by atoms with E-state index in [1.165, 1.54) is 7.11 Å². The third kappa shape index (κ3) is 4.63. The van der Waals surface area contributed by atoms with E-state index in [0.29, 0.717) is 18.9 Å². The van der Waals surface area contributed by atoms with Crippen LogP contribution in [0.25, 0.3) is 0 Å². The first-order valence-corrected chi connectivity index (χ1v) is 7.31. The van der Waals surface area contributed by atoms with E-state index in [4.69, 9.17) is 5.73 Å². The molecule has 5 nitrogen and oxygen atoms in total. The molecule has 0 radical (unpaired) electrons. The second-order valence-corrected chi connectivity index (χ2v) is 5.37. The summed E-state index contributed by atoms with van der Waals surface area (Å²) in [5.41, 5.74) is 5.79. The maximum Gasteiger partial charge on any atom is 0.325 e. The van der Waals surface area contributed by atoms with Crippen molar-refractivity contribution in [2.75, 3.05) is 20.2 Å². The summed E-state index contributed by atoms with van der Waals surface area (Å²) in [4.78, 5) is 25.6. The van der Waals surface area contributed by atoms with Crippen LogP contribution >= 0.6 is 0 Å². The molecule has 114 valence electrons. The highest BCUT2D eigenvalue weighted by Gasteiger charge is 2.29. The van der Waals surface area contributed by atoms with Crippen molar-refractivity contribution in [3.63, 3.8) is 0 Å². The first-order valence-electron chi connectivity index (χ1n) is 7.31. The number of nitrogens with two attached hydrogens (primary N) is 1. The predicted octanol–water partition coefficient (Wildman–Crippen LogP) is 1.33. The fourth-order valence-electron chi connectivity index (χ4n) is 2.46. The Balaban J connectivity index is 2.72. The van der Waals surface area contributed by atoms with Crippen LogP contribution in [0, 0.1) is 11.8 Å².